The Hall–Kier alpha value is -3.36. The highest BCUT2D eigenvalue weighted by molar-refractivity contribution is 7.92. The SMILES string of the molecule is O=C(CN(c1ccc(Cl)cc1)S(=O)(=O)c1ccccc1)NCc1ccc(CN2CCCC2=O)cc1. The molecule has 1 heterocycles. The van der Waals surface area contributed by atoms with Crippen LogP contribution in [0.2, 0.25) is 5.02 Å². The quantitative estimate of drug-likeness (QED) is 0.471. The van der Waals surface area contributed by atoms with Crippen molar-refractivity contribution in [2.24, 2.45) is 0 Å². The third-order valence-corrected chi connectivity index (χ3v) is 7.83. The van der Waals surface area contributed by atoms with Crippen LogP contribution in [0.25, 0.3) is 0 Å². The van der Waals surface area contributed by atoms with E-state index in [1.807, 2.05) is 29.2 Å². The lowest BCUT2D eigenvalue weighted by Crippen LogP contribution is -2.40. The summed E-state index contributed by atoms with van der Waals surface area (Å²) in [4.78, 5) is 26.5. The Morgan fingerprint density at radius 1 is 0.943 bits per heavy atom. The van der Waals surface area contributed by atoms with Gasteiger partial charge in [0, 0.05) is 31.1 Å². The van der Waals surface area contributed by atoms with Crippen molar-refractivity contribution < 1.29 is 18.0 Å². The number of halogens is 1. The van der Waals surface area contributed by atoms with E-state index < -0.39 is 15.9 Å². The minimum absolute atomic E-state index is 0.0924. The van der Waals surface area contributed by atoms with Gasteiger partial charge in [-0.05, 0) is 53.9 Å². The van der Waals surface area contributed by atoms with Crippen molar-refractivity contribution in [3.63, 3.8) is 0 Å². The highest BCUT2D eigenvalue weighted by Crippen LogP contribution is 2.25. The van der Waals surface area contributed by atoms with Gasteiger partial charge in [0.25, 0.3) is 10.0 Å². The number of hydrogen-bond donors (Lipinski definition) is 1. The summed E-state index contributed by atoms with van der Waals surface area (Å²) in [6, 6.07) is 22.0. The number of carbonyl (C=O) groups excluding carboxylic acids is 2. The average Bonchev–Trinajstić information content (AvgIpc) is 3.27. The zero-order valence-electron chi connectivity index (χ0n) is 19.1. The van der Waals surface area contributed by atoms with Gasteiger partial charge in [-0.2, -0.15) is 0 Å². The second-order valence-corrected chi connectivity index (χ2v) is 10.6. The van der Waals surface area contributed by atoms with Crippen LogP contribution in [0, 0.1) is 0 Å². The van der Waals surface area contributed by atoms with Gasteiger partial charge in [-0.3, -0.25) is 13.9 Å². The molecule has 0 saturated carbocycles. The summed E-state index contributed by atoms with van der Waals surface area (Å²) < 4.78 is 27.7. The molecule has 3 aromatic carbocycles. The maximum atomic E-state index is 13.3. The highest BCUT2D eigenvalue weighted by Gasteiger charge is 2.27. The Kier molecular flexibility index (Phi) is 7.73. The number of likely N-dealkylation sites (tertiary alicyclic amines) is 1. The third kappa shape index (κ3) is 6.21. The first-order valence-electron chi connectivity index (χ1n) is 11.3. The summed E-state index contributed by atoms with van der Waals surface area (Å²) in [7, 11) is -3.97. The molecule has 1 fully saturated rings. The molecular formula is C26H26ClN3O4S. The van der Waals surface area contributed by atoms with Gasteiger partial charge in [0.2, 0.25) is 11.8 Å². The molecule has 0 aliphatic carbocycles. The fourth-order valence-electron chi connectivity index (χ4n) is 3.88. The summed E-state index contributed by atoms with van der Waals surface area (Å²) in [6.07, 6.45) is 1.51. The lowest BCUT2D eigenvalue weighted by molar-refractivity contribution is -0.128. The third-order valence-electron chi connectivity index (χ3n) is 5.79. The van der Waals surface area contributed by atoms with Crippen molar-refractivity contribution in [3.8, 4) is 0 Å². The van der Waals surface area contributed by atoms with Crippen molar-refractivity contribution in [2.45, 2.75) is 30.8 Å². The van der Waals surface area contributed by atoms with E-state index >= 15 is 0 Å². The smallest absolute Gasteiger partial charge is 0.264 e. The van der Waals surface area contributed by atoms with Crippen LogP contribution < -0.4 is 9.62 Å². The largest absolute Gasteiger partial charge is 0.350 e. The van der Waals surface area contributed by atoms with Crippen LogP contribution in [0.1, 0.15) is 24.0 Å². The Balaban J connectivity index is 1.42. The number of rotatable bonds is 9. The Labute approximate surface area is 210 Å². The molecule has 9 heteroatoms. The van der Waals surface area contributed by atoms with Crippen LogP contribution in [0.4, 0.5) is 5.69 Å². The number of sulfonamides is 1. The minimum atomic E-state index is -3.97. The zero-order chi connectivity index (χ0) is 24.8. The molecule has 1 aliphatic heterocycles. The van der Waals surface area contributed by atoms with E-state index in [1.165, 1.54) is 12.1 Å². The molecule has 0 bridgehead atoms. The summed E-state index contributed by atoms with van der Waals surface area (Å²) in [5.74, 6) is -0.261. The van der Waals surface area contributed by atoms with Gasteiger partial charge in [0.15, 0.2) is 0 Å². The van der Waals surface area contributed by atoms with Gasteiger partial charge in [0.05, 0.1) is 10.6 Å². The maximum absolute atomic E-state index is 13.3. The molecule has 1 N–H and O–H groups in total. The number of carbonyl (C=O) groups is 2. The fraction of sp³-hybridized carbons (Fsp3) is 0.231. The number of benzene rings is 3. The maximum Gasteiger partial charge on any atom is 0.264 e. The van der Waals surface area contributed by atoms with E-state index in [0.717, 1.165) is 28.4 Å². The fourth-order valence-corrected chi connectivity index (χ4v) is 5.45. The summed E-state index contributed by atoms with van der Waals surface area (Å²) in [5.41, 5.74) is 2.24. The van der Waals surface area contributed by atoms with Gasteiger partial charge in [-0.1, -0.05) is 54.1 Å². The normalized spacial score (nSPS) is 13.6. The van der Waals surface area contributed by atoms with E-state index in [0.29, 0.717) is 23.7 Å². The second kappa shape index (κ2) is 10.9. The highest BCUT2D eigenvalue weighted by atomic mass is 35.5. The van der Waals surface area contributed by atoms with Crippen molar-refractivity contribution >= 4 is 39.1 Å². The predicted molar refractivity (Wildman–Crippen MR) is 135 cm³/mol. The summed E-state index contributed by atoms with van der Waals surface area (Å²) in [6.45, 7) is 1.24. The molecular weight excluding hydrogens is 486 g/mol. The van der Waals surface area contributed by atoms with Crippen LogP contribution in [0.15, 0.2) is 83.8 Å². The molecule has 0 aromatic heterocycles. The Morgan fingerprint density at radius 2 is 1.60 bits per heavy atom. The average molecular weight is 512 g/mol. The van der Waals surface area contributed by atoms with E-state index in [9.17, 15) is 18.0 Å². The summed E-state index contributed by atoms with van der Waals surface area (Å²) >= 11 is 5.97. The van der Waals surface area contributed by atoms with E-state index in [4.69, 9.17) is 11.6 Å². The molecule has 182 valence electrons. The molecule has 0 spiro atoms. The first kappa shape index (κ1) is 24.8. The van der Waals surface area contributed by atoms with Gasteiger partial charge in [-0.25, -0.2) is 8.42 Å². The van der Waals surface area contributed by atoms with Gasteiger partial charge in [0.1, 0.15) is 6.54 Å². The van der Waals surface area contributed by atoms with Crippen molar-refractivity contribution in [3.05, 3.63) is 95.0 Å². The van der Waals surface area contributed by atoms with Gasteiger partial charge in [-0.15, -0.1) is 0 Å². The molecule has 3 aromatic rings. The number of amides is 2. The number of nitrogens with one attached hydrogen (secondary N) is 1. The molecule has 1 saturated heterocycles. The van der Waals surface area contributed by atoms with Gasteiger partial charge >= 0.3 is 0 Å². The molecule has 4 rings (SSSR count). The van der Waals surface area contributed by atoms with Crippen molar-refractivity contribution in [1.29, 1.82) is 0 Å². The van der Waals surface area contributed by atoms with Crippen LogP contribution in [0.5, 0.6) is 0 Å². The topological polar surface area (TPSA) is 86.8 Å². The molecule has 0 atom stereocenters. The van der Waals surface area contributed by atoms with Crippen molar-refractivity contribution in [2.75, 3.05) is 17.4 Å². The molecule has 2 amide bonds. The zero-order valence-corrected chi connectivity index (χ0v) is 20.6. The van der Waals surface area contributed by atoms with Gasteiger partial charge < -0.3 is 10.2 Å². The second-order valence-electron chi connectivity index (χ2n) is 8.31. The molecule has 7 nitrogen and oxygen atoms in total. The van der Waals surface area contributed by atoms with E-state index in [2.05, 4.69) is 5.32 Å². The van der Waals surface area contributed by atoms with E-state index in [1.54, 1.807) is 42.5 Å². The van der Waals surface area contributed by atoms with Crippen LogP contribution >= 0.6 is 11.6 Å². The van der Waals surface area contributed by atoms with Crippen LogP contribution in [-0.4, -0.2) is 38.2 Å². The molecule has 1 aliphatic rings. The predicted octanol–water partition coefficient (Wildman–Crippen LogP) is 3.97. The van der Waals surface area contributed by atoms with Crippen LogP contribution in [-0.2, 0) is 32.7 Å². The summed E-state index contributed by atoms with van der Waals surface area (Å²) in [5, 5.41) is 3.26. The Morgan fingerprint density at radius 3 is 2.23 bits per heavy atom. The lowest BCUT2D eigenvalue weighted by atomic mass is 10.1. The first-order chi connectivity index (χ1) is 16.8. The number of anilines is 1. The molecule has 0 radical (unpaired) electrons. The molecule has 0 unspecified atom stereocenters. The van der Waals surface area contributed by atoms with E-state index in [-0.39, 0.29) is 23.9 Å². The van der Waals surface area contributed by atoms with Crippen molar-refractivity contribution in [1.82, 2.24) is 10.2 Å². The minimum Gasteiger partial charge on any atom is -0.350 e. The number of hydrogen-bond acceptors (Lipinski definition) is 4. The molecule has 35 heavy (non-hydrogen) atoms. The lowest BCUT2D eigenvalue weighted by Gasteiger charge is -2.24. The Bertz CT molecular complexity index is 1280. The standard InChI is InChI=1S/C26H26ClN3O4S/c27-22-12-14-23(15-13-22)30(35(33,34)24-5-2-1-3-6-24)19-25(31)28-17-20-8-10-21(11-9-20)18-29-16-4-7-26(29)32/h1-3,5-6,8-15H,4,7,16-19H2,(H,28,31). The monoisotopic (exact) mass is 511 g/mol. The van der Waals surface area contributed by atoms with Crippen LogP contribution in [0.3, 0.4) is 0 Å². The number of nitrogens with zero attached hydrogens (tertiary/aromatic N) is 2. The first-order valence-corrected chi connectivity index (χ1v) is 13.1.